The van der Waals surface area contributed by atoms with Gasteiger partial charge in [-0.1, -0.05) is 0 Å². The largest absolute Gasteiger partial charge is 0.493 e. The number of aromatic carboxylic acids is 1. The molecule has 0 bridgehead atoms. The van der Waals surface area contributed by atoms with Gasteiger partial charge in [0.25, 0.3) is 0 Å². The summed E-state index contributed by atoms with van der Waals surface area (Å²) in [5.41, 5.74) is 4.98. The van der Waals surface area contributed by atoms with Crippen LogP contribution in [-0.2, 0) is 0 Å². The molecular weight excluding hydrogens is 205 g/mol. The van der Waals surface area contributed by atoms with Crippen LogP contribution in [0.5, 0.6) is 11.5 Å². The number of halogens is 1. The lowest BCUT2D eigenvalue weighted by atomic mass is 10.1. The normalized spacial score (nSPS) is 9.80. The van der Waals surface area contributed by atoms with Gasteiger partial charge in [0.1, 0.15) is 5.56 Å². The van der Waals surface area contributed by atoms with E-state index < -0.39 is 17.5 Å². The zero-order valence-corrected chi connectivity index (χ0v) is 8.20. The van der Waals surface area contributed by atoms with E-state index in [1.165, 1.54) is 14.2 Å². The smallest absolute Gasteiger partial charge is 0.339 e. The fourth-order valence-electron chi connectivity index (χ4n) is 1.20. The second-order valence-corrected chi connectivity index (χ2v) is 2.70. The molecule has 6 heteroatoms. The van der Waals surface area contributed by atoms with Crippen LogP contribution in [0, 0.1) is 5.82 Å². The molecule has 0 unspecified atom stereocenters. The number of benzene rings is 1. The molecular formula is C9H10FNO4. The summed E-state index contributed by atoms with van der Waals surface area (Å²) in [6.07, 6.45) is 0. The van der Waals surface area contributed by atoms with E-state index in [0.717, 1.165) is 6.07 Å². The monoisotopic (exact) mass is 215 g/mol. The van der Waals surface area contributed by atoms with Crippen LogP contribution in [0.3, 0.4) is 0 Å². The number of anilines is 1. The Balaban J connectivity index is 3.51. The number of hydrogen-bond donors (Lipinski definition) is 2. The van der Waals surface area contributed by atoms with E-state index >= 15 is 0 Å². The molecule has 0 aliphatic heterocycles. The molecule has 0 atom stereocenters. The predicted molar refractivity (Wildman–Crippen MR) is 50.9 cm³/mol. The maximum Gasteiger partial charge on any atom is 0.339 e. The van der Waals surface area contributed by atoms with E-state index in [-0.39, 0.29) is 17.0 Å². The van der Waals surface area contributed by atoms with Crippen LogP contribution >= 0.6 is 0 Å². The third-order valence-corrected chi connectivity index (χ3v) is 1.84. The van der Waals surface area contributed by atoms with E-state index in [2.05, 4.69) is 9.47 Å². The Labute approximate surface area is 85.2 Å². The van der Waals surface area contributed by atoms with Crippen molar-refractivity contribution in [2.24, 2.45) is 0 Å². The van der Waals surface area contributed by atoms with Crippen molar-refractivity contribution in [3.8, 4) is 11.5 Å². The first-order valence-corrected chi connectivity index (χ1v) is 3.96. The molecule has 15 heavy (non-hydrogen) atoms. The van der Waals surface area contributed by atoms with E-state index in [1.807, 2.05) is 0 Å². The van der Waals surface area contributed by atoms with E-state index in [4.69, 9.17) is 10.8 Å². The number of hydrogen-bond acceptors (Lipinski definition) is 4. The van der Waals surface area contributed by atoms with Crippen LogP contribution in [0.1, 0.15) is 10.4 Å². The first-order chi connectivity index (χ1) is 7.02. The minimum Gasteiger partial charge on any atom is -0.493 e. The van der Waals surface area contributed by atoms with Crippen molar-refractivity contribution >= 4 is 11.7 Å². The second kappa shape index (κ2) is 4.04. The number of carboxylic acids is 1. The Kier molecular flexibility index (Phi) is 2.99. The van der Waals surface area contributed by atoms with Crippen molar-refractivity contribution in [1.82, 2.24) is 0 Å². The number of ether oxygens (including phenoxy) is 2. The number of nitrogens with two attached hydrogens (primary N) is 1. The van der Waals surface area contributed by atoms with Crippen LogP contribution in [0.4, 0.5) is 10.1 Å². The number of methoxy groups -OCH3 is 2. The second-order valence-electron chi connectivity index (χ2n) is 2.70. The standard InChI is InChI=1S/C9H10FNO4/c1-14-7-4(9(12)13)3-5(11)8(15-2)6(7)10/h3H,11H2,1-2H3,(H,12,13). The van der Waals surface area contributed by atoms with Crippen LogP contribution < -0.4 is 15.2 Å². The van der Waals surface area contributed by atoms with Crippen LogP contribution in [0.2, 0.25) is 0 Å². The van der Waals surface area contributed by atoms with Crippen molar-refractivity contribution in [1.29, 1.82) is 0 Å². The zero-order chi connectivity index (χ0) is 11.6. The average Bonchev–Trinajstić information content (AvgIpc) is 2.17. The Morgan fingerprint density at radius 1 is 1.40 bits per heavy atom. The fourth-order valence-corrected chi connectivity index (χ4v) is 1.20. The molecule has 5 nitrogen and oxygen atoms in total. The number of nitrogen functional groups attached to an aromatic ring is 1. The number of rotatable bonds is 3. The summed E-state index contributed by atoms with van der Waals surface area (Å²) in [6, 6.07) is 1.09. The Morgan fingerprint density at radius 2 is 1.93 bits per heavy atom. The molecule has 0 radical (unpaired) electrons. The highest BCUT2D eigenvalue weighted by atomic mass is 19.1. The molecule has 3 N–H and O–H groups in total. The topological polar surface area (TPSA) is 81.8 Å². The molecule has 0 saturated carbocycles. The summed E-state index contributed by atoms with van der Waals surface area (Å²) in [4.78, 5) is 10.7. The quantitative estimate of drug-likeness (QED) is 0.738. The maximum absolute atomic E-state index is 13.6. The van der Waals surface area contributed by atoms with E-state index in [0.29, 0.717) is 0 Å². The summed E-state index contributed by atoms with van der Waals surface area (Å²) < 4.78 is 22.9. The lowest BCUT2D eigenvalue weighted by Gasteiger charge is -2.11. The Hall–Kier alpha value is -1.98. The number of carbonyl (C=O) groups is 1. The predicted octanol–water partition coefficient (Wildman–Crippen LogP) is 1.12. The SMILES string of the molecule is COc1c(N)cc(C(=O)O)c(OC)c1F. The van der Waals surface area contributed by atoms with E-state index in [1.54, 1.807) is 0 Å². The van der Waals surface area contributed by atoms with Crippen LogP contribution in [0.15, 0.2) is 6.07 Å². The van der Waals surface area contributed by atoms with Gasteiger partial charge < -0.3 is 20.3 Å². The maximum atomic E-state index is 13.6. The van der Waals surface area contributed by atoms with E-state index in [9.17, 15) is 9.18 Å². The molecule has 0 aliphatic carbocycles. The number of carboxylic acid groups (broad SMARTS) is 1. The van der Waals surface area contributed by atoms with Crippen molar-refractivity contribution in [3.05, 3.63) is 17.4 Å². The van der Waals surface area contributed by atoms with Gasteiger partial charge in [0.2, 0.25) is 5.82 Å². The van der Waals surface area contributed by atoms with Gasteiger partial charge >= 0.3 is 5.97 Å². The lowest BCUT2D eigenvalue weighted by Crippen LogP contribution is -2.06. The average molecular weight is 215 g/mol. The Morgan fingerprint density at radius 3 is 2.33 bits per heavy atom. The minimum atomic E-state index is -1.32. The van der Waals surface area contributed by atoms with Crippen LogP contribution in [-0.4, -0.2) is 25.3 Å². The molecule has 1 aromatic carbocycles. The van der Waals surface area contributed by atoms with Gasteiger partial charge in [-0.3, -0.25) is 0 Å². The molecule has 0 saturated heterocycles. The summed E-state index contributed by atoms with van der Waals surface area (Å²) in [5, 5.41) is 8.77. The highest BCUT2D eigenvalue weighted by Crippen LogP contribution is 2.35. The fraction of sp³-hybridized carbons (Fsp3) is 0.222. The molecule has 0 spiro atoms. The molecule has 1 rings (SSSR count). The van der Waals surface area contributed by atoms with Gasteiger partial charge in [0, 0.05) is 0 Å². The minimum absolute atomic E-state index is 0.0896. The summed E-state index contributed by atoms with van der Waals surface area (Å²) in [5.74, 6) is -2.86. The van der Waals surface area contributed by atoms with Crippen molar-refractivity contribution in [2.45, 2.75) is 0 Å². The van der Waals surface area contributed by atoms with Gasteiger partial charge in [0.05, 0.1) is 19.9 Å². The first kappa shape index (κ1) is 11.1. The first-order valence-electron chi connectivity index (χ1n) is 3.96. The highest BCUT2D eigenvalue weighted by Gasteiger charge is 2.22. The highest BCUT2D eigenvalue weighted by molar-refractivity contribution is 5.93. The third kappa shape index (κ3) is 1.78. The van der Waals surface area contributed by atoms with Crippen molar-refractivity contribution in [3.63, 3.8) is 0 Å². The molecule has 1 aromatic rings. The summed E-state index contributed by atoms with van der Waals surface area (Å²) >= 11 is 0. The molecule has 0 amide bonds. The lowest BCUT2D eigenvalue weighted by molar-refractivity contribution is 0.0692. The molecule has 0 aliphatic rings. The van der Waals surface area contributed by atoms with Gasteiger partial charge in [-0.05, 0) is 6.07 Å². The Bertz CT molecular complexity index is 406. The summed E-state index contributed by atoms with van der Waals surface area (Å²) in [6.45, 7) is 0. The van der Waals surface area contributed by atoms with Gasteiger partial charge in [-0.2, -0.15) is 4.39 Å². The van der Waals surface area contributed by atoms with Crippen molar-refractivity contribution in [2.75, 3.05) is 20.0 Å². The third-order valence-electron chi connectivity index (χ3n) is 1.84. The zero-order valence-electron chi connectivity index (χ0n) is 8.20. The van der Waals surface area contributed by atoms with Gasteiger partial charge in [0.15, 0.2) is 11.5 Å². The van der Waals surface area contributed by atoms with Crippen LogP contribution in [0.25, 0.3) is 0 Å². The molecule has 0 fully saturated rings. The van der Waals surface area contributed by atoms with Gasteiger partial charge in [-0.25, -0.2) is 4.79 Å². The molecule has 0 heterocycles. The van der Waals surface area contributed by atoms with Gasteiger partial charge in [-0.15, -0.1) is 0 Å². The van der Waals surface area contributed by atoms with Crippen molar-refractivity contribution < 1.29 is 23.8 Å². The molecule has 82 valence electrons. The summed E-state index contributed by atoms with van der Waals surface area (Å²) in [7, 11) is 2.40. The molecule has 0 aromatic heterocycles.